The lowest BCUT2D eigenvalue weighted by Gasteiger charge is -2.04. The molecule has 0 fully saturated rings. The fourth-order valence-electron chi connectivity index (χ4n) is 1.47. The Morgan fingerprint density at radius 1 is 1.00 bits per heavy atom. The highest BCUT2D eigenvalue weighted by Gasteiger charge is 1.95. The van der Waals surface area contributed by atoms with Gasteiger partial charge in [-0.1, -0.05) is 50.3 Å². The van der Waals surface area contributed by atoms with Crippen molar-refractivity contribution in [3.8, 4) is 0 Å². The molecule has 0 aromatic rings. The second-order valence-corrected chi connectivity index (χ2v) is 5.61. The Kier molecular flexibility index (Phi) is 14.0. The number of ether oxygens (including phenoxy) is 1. The molecule has 0 aromatic heterocycles. The molecule has 96 valence electrons. The van der Waals surface area contributed by atoms with Crippen molar-refractivity contribution < 1.29 is 4.74 Å². The molecule has 0 amide bonds. The normalized spacial score (nSPS) is 10.4. The van der Waals surface area contributed by atoms with Gasteiger partial charge in [0.05, 0.1) is 6.61 Å². The van der Waals surface area contributed by atoms with Gasteiger partial charge in [0.15, 0.2) is 0 Å². The van der Waals surface area contributed by atoms with Gasteiger partial charge < -0.3 is 4.74 Å². The van der Waals surface area contributed by atoms with Crippen molar-refractivity contribution in [2.75, 3.05) is 18.7 Å². The third kappa shape index (κ3) is 12.6. The molecule has 0 bridgehead atoms. The van der Waals surface area contributed by atoms with Crippen LogP contribution >= 0.6 is 35.6 Å². The van der Waals surface area contributed by atoms with Gasteiger partial charge in [-0.3, -0.25) is 0 Å². The van der Waals surface area contributed by atoms with Gasteiger partial charge in [0.2, 0.25) is 4.38 Å². The second-order valence-electron chi connectivity index (χ2n) is 3.82. The van der Waals surface area contributed by atoms with Crippen LogP contribution in [-0.4, -0.2) is 23.1 Å². The van der Waals surface area contributed by atoms with Crippen LogP contribution in [0.1, 0.15) is 51.4 Å². The van der Waals surface area contributed by atoms with E-state index >= 15 is 0 Å². The summed E-state index contributed by atoms with van der Waals surface area (Å²) in [5.41, 5.74) is 0. The predicted molar refractivity (Wildman–Crippen MR) is 79.7 cm³/mol. The minimum Gasteiger partial charge on any atom is -0.479 e. The van der Waals surface area contributed by atoms with Gasteiger partial charge in [-0.15, -0.1) is 11.6 Å². The lowest BCUT2D eigenvalue weighted by Crippen LogP contribution is -1.98. The number of alkyl halides is 1. The maximum Gasteiger partial charge on any atom is 0.219 e. The van der Waals surface area contributed by atoms with Crippen molar-refractivity contribution in [3.05, 3.63) is 0 Å². The molecule has 0 heterocycles. The minimum absolute atomic E-state index is 0.668. The van der Waals surface area contributed by atoms with E-state index in [4.69, 9.17) is 28.6 Å². The largest absolute Gasteiger partial charge is 0.479 e. The molecule has 0 radical (unpaired) electrons. The first kappa shape index (κ1) is 16.5. The van der Waals surface area contributed by atoms with E-state index in [-0.39, 0.29) is 0 Å². The third-order valence-corrected chi connectivity index (χ3v) is 3.75. The zero-order chi connectivity index (χ0) is 12.1. The Balaban J connectivity index is 2.96. The molecule has 0 saturated carbocycles. The van der Waals surface area contributed by atoms with Crippen LogP contribution < -0.4 is 0 Å². The van der Waals surface area contributed by atoms with Crippen LogP contribution in [0.25, 0.3) is 0 Å². The lowest BCUT2D eigenvalue weighted by molar-refractivity contribution is 0.308. The van der Waals surface area contributed by atoms with E-state index in [2.05, 4.69) is 0 Å². The molecule has 0 aliphatic heterocycles. The summed E-state index contributed by atoms with van der Waals surface area (Å²) in [5, 5.41) is 0. The highest BCUT2D eigenvalue weighted by atomic mass is 35.5. The molecular formula is C12H23ClOS2. The van der Waals surface area contributed by atoms with Gasteiger partial charge in [0.25, 0.3) is 0 Å². The predicted octanol–water partition coefficient (Wildman–Crippen LogP) is 5.01. The summed E-state index contributed by atoms with van der Waals surface area (Å²) in [6.07, 6.45) is 12.1. The Hall–Kier alpha value is 0.530. The van der Waals surface area contributed by atoms with Gasteiger partial charge in [-0.25, -0.2) is 0 Å². The number of hydrogen-bond acceptors (Lipinski definition) is 3. The molecule has 0 unspecified atom stereocenters. The quantitative estimate of drug-likeness (QED) is 0.317. The van der Waals surface area contributed by atoms with Crippen LogP contribution in [0.2, 0.25) is 0 Å². The van der Waals surface area contributed by atoms with Crippen molar-refractivity contribution in [3.63, 3.8) is 0 Å². The van der Waals surface area contributed by atoms with Crippen LogP contribution in [-0.2, 0) is 4.74 Å². The number of thioether (sulfide) groups is 1. The van der Waals surface area contributed by atoms with E-state index < -0.39 is 0 Å². The first-order valence-electron chi connectivity index (χ1n) is 6.08. The molecule has 0 rings (SSSR count). The maximum atomic E-state index is 5.61. The summed E-state index contributed by atoms with van der Waals surface area (Å²) < 4.78 is 6.00. The molecule has 1 nitrogen and oxygen atoms in total. The molecule has 0 aromatic carbocycles. The molecule has 0 N–H and O–H groups in total. The molecular weight excluding hydrogens is 260 g/mol. The van der Waals surface area contributed by atoms with Crippen molar-refractivity contribution >= 4 is 40.0 Å². The van der Waals surface area contributed by atoms with Crippen LogP contribution in [0.3, 0.4) is 0 Å². The van der Waals surface area contributed by atoms with E-state index in [0.717, 1.165) is 18.9 Å². The summed E-state index contributed by atoms with van der Waals surface area (Å²) in [7, 11) is 0. The second kappa shape index (κ2) is 13.6. The van der Waals surface area contributed by atoms with E-state index in [1.807, 2.05) is 6.26 Å². The summed E-state index contributed by atoms with van der Waals surface area (Å²) in [5.74, 6) is 0.812. The summed E-state index contributed by atoms with van der Waals surface area (Å²) >= 11 is 12.1. The van der Waals surface area contributed by atoms with E-state index in [0.29, 0.717) is 4.38 Å². The number of unbranched alkanes of at least 4 members (excludes halogenated alkanes) is 7. The topological polar surface area (TPSA) is 9.23 Å². The molecule has 0 atom stereocenters. The number of halogens is 1. The summed E-state index contributed by atoms with van der Waals surface area (Å²) in [4.78, 5) is 0. The van der Waals surface area contributed by atoms with Crippen molar-refractivity contribution in [2.24, 2.45) is 0 Å². The monoisotopic (exact) mass is 282 g/mol. The van der Waals surface area contributed by atoms with E-state index in [1.54, 1.807) is 0 Å². The third-order valence-electron chi connectivity index (χ3n) is 2.41. The molecule has 16 heavy (non-hydrogen) atoms. The van der Waals surface area contributed by atoms with Crippen LogP contribution in [0.5, 0.6) is 0 Å². The average molecular weight is 283 g/mol. The van der Waals surface area contributed by atoms with Gasteiger partial charge in [0.1, 0.15) is 0 Å². The zero-order valence-corrected chi connectivity index (χ0v) is 12.6. The highest BCUT2D eigenvalue weighted by molar-refractivity contribution is 8.22. The minimum atomic E-state index is 0.668. The first-order valence-corrected chi connectivity index (χ1v) is 8.24. The van der Waals surface area contributed by atoms with E-state index in [9.17, 15) is 0 Å². The summed E-state index contributed by atoms with van der Waals surface area (Å²) in [6.45, 7) is 0.784. The first-order chi connectivity index (χ1) is 7.81. The fraction of sp³-hybridized carbons (Fsp3) is 0.917. The van der Waals surface area contributed by atoms with Crippen molar-refractivity contribution in [2.45, 2.75) is 51.4 Å². The van der Waals surface area contributed by atoms with Crippen molar-refractivity contribution in [1.29, 1.82) is 0 Å². The molecule has 0 saturated heterocycles. The molecule has 0 spiro atoms. The van der Waals surface area contributed by atoms with Crippen LogP contribution in [0.4, 0.5) is 0 Å². The average Bonchev–Trinajstić information content (AvgIpc) is 2.31. The van der Waals surface area contributed by atoms with Crippen molar-refractivity contribution in [1.82, 2.24) is 0 Å². The van der Waals surface area contributed by atoms with Crippen LogP contribution in [0, 0.1) is 0 Å². The highest BCUT2D eigenvalue weighted by Crippen LogP contribution is 2.09. The Morgan fingerprint density at radius 3 is 2.00 bits per heavy atom. The Morgan fingerprint density at radius 2 is 1.50 bits per heavy atom. The van der Waals surface area contributed by atoms with Crippen LogP contribution in [0.15, 0.2) is 0 Å². The maximum absolute atomic E-state index is 5.61. The van der Waals surface area contributed by atoms with Gasteiger partial charge in [-0.05, 0) is 31.3 Å². The molecule has 0 aliphatic rings. The smallest absolute Gasteiger partial charge is 0.219 e. The Labute approximate surface area is 115 Å². The number of thiocarbonyl (C=S) groups is 1. The number of hydrogen-bond donors (Lipinski definition) is 0. The standard InChI is InChI=1S/C12H23ClOS2/c1-16-12(15)14-11-9-7-5-3-2-4-6-8-10-13/h2-11H2,1H3. The summed E-state index contributed by atoms with van der Waals surface area (Å²) in [6, 6.07) is 0. The number of rotatable bonds is 10. The lowest BCUT2D eigenvalue weighted by atomic mass is 10.1. The van der Waals surface area contributed by atoms with Gasteiger partial charge >= 0.3 is 0 Å². The SMILES string of the molecule is CSC(=S)OCCCCCCCCCCCl. The van der Waals surface area contributed by atoms with E-state index in [1.165, 1.54) is 56.7 Å². The molecule has 4 heteroatoms. The molecule has 0 aliphatic carbocycles. The fourth-order valence-corrected chi connectivity index (χ4v) is 1.95. The zero-order valence-electron chi connectivity index (χ0n) is 10.2. The Bertz CT molecular complexity index is 165. The van der Waals surface area contributed by atoms with Gasteiger partial charge in [-0.2, -0.15) is 0 Å². The van der Waals surface area contributed by atoms with Gasteiger partial charge in [0, 0.05) is 5.88 Å².